The van der Waals surface area contributed by atoms with E-state index >= 15 is 0 Å². The van der Waals surface area contributed by atoms with Crippen molar-refractivity contribution in [1.82, 2.24) is 14.5 Å². The number of sulfonamides is 1. The Morgan fingerprint density at radius 1 is 1.29 bits per heavy atom. The van der Waals surface area contributed by atoms with Crippen LogP contribution >= 0.6 is 11.6 Å². The van der Waals surface area contributed by atoms with E-state index in [-0.39, 0.29) is 9.92 Å². The van der Waals surface area contributed by atoms with Gasteiger partial charge in [0.25, 0.3) is 0 Å². The minimum atomic E-state index is -3.62. The van der Waals surface area contributed by atoms with Crippen LogP contribution in [0.1, 0.15) is 0 Å². The third-order valence-electron chi connectivity index (χ3n) is 3.56. The quantitative estimate of drug-likeness (QED) is 0.765. The molecule has 0 aliphatic carbocycles. The van der Waals surface area contributed by atoms with Gasteiger partial charge in [0, 0.05) is 45.0 Å². The number of benzene rings is 1. The predicted octanol–water partition coefficient (Wildman–Crippen LogP) is 0.448. The van der Waals surface area contributed by atoms with Gasteiger partial charge in [-0.15, -0.1) is 0 Å². The molecule has 6 nitrogen and oxygen atoms in total. The van der Waals surface area contributed by atoms with Crippen LogP contribution in [0.2, 0.25) is 5.02 Å². The molecule has 1 saturated heterocycles. The fourth-order valence-corrected chi connectivity index (χ4v) is 3.77. The van der Waals surface area contributed by atoms with Gasteiger partial charge in [-0.25, -0.2) is 13.1 Å². The van der Waals surface area contributed by atoms with E-state index in [9.17, 15) is 8.42 Å². The largest absolute Gasteiger partial charge is 0.399 e. The lowest BCUT2D eigenvalue weighted by atomic mass is 10.3. The molecule has 1 heterocycles. The van der Waals surface area contributed by atoms with Gasteiger partial charge in [0.1, 0.15) is 4.90 Å². The number of hydrogen-bond donors (Lipinski definition) is 2. The fraction of sp³-hybridized carbons (Fsp3) is 0.538. The minimum absolute atomic E-state index is 0.0301. The molecule has 118 valence electrons. The Labute approximate surface area is 130 Å². The zero-order chi connectivity index (χ0) is 15.5. The standard InChI is InChI=1S/C13H21ClN4O2S/c1-17-6-8-18(9-7-17)5-4-16-21(19,20)13-10-11(15)2-3-12(13)14/h2-3,10,16H,4-9,15H2,1H3. The van der Waals surface area contributed by atoms with Crippen LogP contribution in [0.5, 0.6) is 0 Å². The normalized spacial score (nSPS) is 18.0. The molecule has 1 aromatic rings. The van der Waals surface area contributed by atoms with Crippen molar-refractivity contribution in [2.45, 2.75) is 4.90 Å². The molecule has 0 saturated carbocycles. The van der Waals surface area contributed by atoms with Crippen molar-refractivity contribution in [1.29, 1.82) is 0 Å². The van der Waals surface area contributed by atoms with E-state index in [1.807, 2.05) is 0 Å². The van der Waals surface area contributed by atoms with Crippen molar-refractivity contribution < 1.29 is 8.42 Å². The lowest BCUT2D eigenvalue weighted by Crippen LogP contribution is -2.46. The summed E-state index contributed by atoms with van der Waals surface area (Å²) in [5, 5.41) is 0.177. The molecule has 8 heteroatoms. The van der Waals surface area contributed by atoms with E-state index in [1.165, 1.54) is 12.1 Å². The van der Waals surface area contributed by atoms with Crippen LogP contribution in [0, 0.1) is 0 Å². The Balaban J connectivity index is 1.91. The van der Waals surface area contributed by atoms with Crippen molar-refractivity contribution in [3.8, 4) is 0 Å². The summed E-state index contributed by atoms with van der Waals surface area (Å²) in [6.07, 6.45) is 0. The van der Waals surface area contributed by atoms with Gasteiger partial charge in [0.05, 0.1) is 5.02 Å². The Hall–Kier alpha value is -0.860. The first-order valence-electron chi connectivity index (χ1n) is 6.84. The molecule has 21 heavy (non-hydrogen) atoms. The molecule has 0 aromatic heterocycles. The average molecular weight is 333 g/mol. The number of piperazine rings is 1. The Kier molecular flexibility index (Phi) is 5.45. The van der Waals surface area contributed by atoms with Crippen molar-refractivity contribution in [2.75, 3.05) is 52.0 Å². The van der Waals surface area contributed by atoms with Crippen LogP contribution in [0.4, 0.5) is 5.69 Å². The Bertz CT molecular complexity index is 586. The Morgan fingerprint density at radius 2 is 1.95 bits per heavy atom. The van der Waals surface area contributed by atoms with Gasteiger partial charge in [-0.2, -0.15) is 0 Å². The highest BCUT2D eigenvalue weighted by molar-refractivity contribution is 7.89. The third-order valence-corrected chi connectivity index (χ3v) is 5.50. The first-order valence-corrected chi connectivity index (χ1v) is 8.70. The summed E-state index contributed by atoms with van der Waals surface area (Å²) in [6, 6.07) is 4.44. The highest BCUT2D eigenvalue weighted by Gasteiger charge is 2.19. The van der Waals surface area contributed by atoms with E-state index in [0.717, 1.165) is 26.2 Å². The van der Waals surface area contributed by atoms with Gasteiger partial charge < -0.3 is 10.6 Å². The summed E-state index contributed by atoms with van der Waals surface area (Å²) >= 11 is 5.93. The maximum atomic E-state index is 12.2. The molecule has 0 bridgehead atoms. The van der Waals surface area contributed by atoms with Gasteiger partial charge in [0.2, 0.25) is 10.0 Å². The molecular formula is C13H21ClN4O2S. The molecule has 0 spiro atoms. The minimum Gasteiger partial charge on any atom is -0.399 e. The Morgan fingerprint density at radius 3 is 2.62 bits per heavy atom. The summed E-state index contributed by atoms with van der Waals surface area (Å²) in [5.41, 5.74) is 5.99. The van der Waals surface area contributed by atoms with Crippen molar-refractivity contribution in [3.05, 3.63) is 23.2 Å². The van der Waals surface area contributed by atoms with Gasteiger partial charge in [-0.05, 0) is 25.2 Å². The molecule has 0 unspecified atom stereocenters. The predicted molar refractivity (Wildman–Crippen MR) is 85.0 cm³/mol. The fourth-order valence-electron chi connectivity index (χ4n) is 2.21. The van der Waals surface area contributed by atoms with Crippen molar-refractivity contribution in [3.63, 3.8) is 0 Å². The highest BCUT2D eigenvalue weighted by Crippen LogP contribution is 2.23. The number of nitrogens with two attached hydrogens (primary N) is 1. The molecule has 0 radical (unpaired) electrons. The first-order chi connectivity index (χ1) is 9.88. The van der Waals surface area contributed by atoms with Crippen molar-refractivity contribution in [2.24, 2.45) is 0 Å². The summed E-state index contributed by atoms with van der Waals surface area (Å²) in [4.78, 5) is 4.53. The number of hydrogen-bond acceptors (Lipinski definition) is 5. The maximum Gasteiger partial charge on any atom is 0.242 e. The number of halogens is 1. The van der Waals surface area contributed by atoms with Gasteiger partial charge in [0.15, 0.2) is 0 Å². The van der Waals surface area contributed by atoms with E-state index in [0.29, 0.717) is 18.8 Å². The lowest BCUT2D eigenvalue weighted by Gasteiger charge is -2.32. The SMILES string of the molecule is CN1CCN(CCNS(=O)(=O)c2cc(N)ccc2Cl)CC1. The number of likely N-dealkylation sites (N-methyl/N-ethyl adjacent to an activating group) is 1. The van der Waals surface area contributed by atoms with E-state index in [1.54, 1.807) is 6.07 Å². The van der Waals surface area contributed by atoms with Crippen LogP contribution < -0.4 is 10.5 Å². The maximum absolute atomic E-state index is 12.2. The molecule has 1 aliphatic heterocycles. The van der Waals surface area contributed by atoms with Crippen molar-refractivity contribution >= 4 is 27.3 Å². The van der Waals surface area contributed by atoms with Crippen LogP contribution in [-0.2, 0) is 10.0 Å². The summed E-state index contributed by atoms with van der Waals surface area (Å²) in [5.74, 6) is 0. The second-order valence-corrected chi connectivity index (χ2v) is 7.38. The monoisotopic (exact) mass is 332 g/mol. The number of nitrogen functional groups attached to an aromatic ring is 1. The van der Waals surface area contributed by atoms with Gasteiger partial charge in [-0.3, -0.25) is 4.90 Å². The molecule has 0 atom stereocenters. The average Bonchev–Trinajstić information content (AvgIpc) is 2.43. The number of anilines is 1. The van der Waals surface area contributed by atoms with E-state index in [2.05, 4.69) is 21.6 Å². The molecule has 0 amide bonds. The van der Waals surface area contributed by atoms with Crippen LogP contribution in [0.15, 0.2) is 23.1 Å². The van der Waals surface area contributed by atoms with Crippen LogP contribution in [0.25, 0.3) is 0 Å². The highest BCUT2D eigenvalue weighted by atomic mass is 35.5. The number of nitrogens with one attached hydrogen (secondary N) is 1. The lowest BCUT2D eigenvalue weighted by molar-refractivity contribution is 0.156. The summed E-state index contributed by atoms with van der Waals surface area (Å²) in [7, 11) is -1.54. The second kappa shape index (κ2) is 6.93. The topological polar surface area (TPSA) is 78.7 Å². The zero-order valence-corrected chi connectivity index (χ0v) is 13.6. The van der Waals surface area contributed by atoms with E-state index < -0.39 is 10.0 Å². The third kappa shape index (κ3) is 4.55. The molecule has 2 rings (SSSR count). The van der Waals surface area contributed by atoms with Crippen LogP contribution in [0.3, 0.4) is 0 Å². The van der Waals surface area contributed by atoms with Gasteiger partial charge in [-0.1, -0.05) is 11.6 Å². The molecule has 1 aromatic carbocycles. The van der Waals surface area contributed by atoms with Crippen LogP contribution in [-0.4, -0.2) is 64.5 Å². The summed E-state index contributed by atoms with van der Waals surface area (Å²) in [6.45, 7) is 4.97. The molecule has 1 fully saturated rings. The summed E-state index contributed by atoms with van der Waals surface area (Å²) < 4.78 is 27.0. The molecule has 1 aliphatic rings. The second-order valence-electron chi connectivity index (χ2n) is 5.23. The first kappa shape index (κ1) is 16.5. The zero-order valence-electron chi connectivity index (χ0n) is 12.0. The number of rotatable bonds is 5. The molecular weight excluding hydrogens is 312 g/mol. The number of nitrogens with zero attached hydrogens (tertiary/aromatic N) is 2. The van der Waals surface area contributed by atoms with Gasteiger partial charge >= 0.3 is 0 Å². The smallest absolute Gasteiger partial charge is 0.242 e. The molecule has 3 N–H and O–H groups in total. The van der Waals surface area contributed by atoms with E-state index in [4.69, 9.17) is 17.3 Å².